The smallest absolute Gasteiger partial charge is 0.277 e. The van der Waals surface area contributed by atoms with Crippen molar-refractivity contribution in [3.8, 4) is 5.75 Å². The Kier molecular flexibility index (Phi) is 6.35. The third kappa shape index (κ3) is 6.05. The van der Waals surface area contributed by atoms with Crippen LogP contribution >= 0.6 is 22.9 Å². The molecule has 0 radical (unpaired) electrons. The van der Waals surface area contributed by atoms with Crippen LogP contribution in [0.1, 0.15) is 10.6 Å². The summed E-state index contributed by atoms with van der Waals surface area (Å²) in [5.41, 5.74) is 4.30. The lowest BCUT2D eigenvalue weighted by Gasteiger charge is -2.05. The van der Waals surface area contributed by atoms with Crippen molar-refractivity contribution in [2.75, 3.05) is 11.9 Å². The zero-order chi connectivity index (χ0) is 19.1. The van der Waals surface area contributed by atoms with Crippen LogP contribution in [0.4, 0.5) is 10.8 Å². The number of benzene rings is 2. The van der Waals surface area contributed by atoms with E-state index in [4.69, 9.17) is 16.3 Å². The molecule has 0 atom stereocenters. The Balaban J connectivity index is 1.46. The van der Waals surface area contributed by atoms with Crippen molar-refractivity contribution in [2.24, 2.45) is 5.10 Å². The number of ether oxygens (including phenoxy) is 1. The Morgan fingerprint density at radius 2 is 2.07 bits per heavy atom. The largest absolute Gasteiger partial charge is 0.484 e. The third-order valence-corrected chi connectivity index (χ3v) is 4.29. The summed E-state index contributed by atoms with van der Waals surface area (Å²) in [6.45, 7) is 1.83. The number of aromatic nitrogens is 2. The highest BCUT2D eigenvalue weighted by Gasteiger charge is 2.04. The average molecular weight is 402 g/mol. The van der Waals surface area contributed by atoms with E-state index in [0.29, 0.717) is 20.9 Å². The van der Waals surface area contributed by atoms with E-state index in [1.807, 2.05) is 37.3 Å². The van der Waals surface area contributed by atoms with Crippen molar-refractivity contribution in [3.05, 3.63) is 64.1 Å². The van der Waals surface area contributed by atoms with Crippen LogP contribution in [-0.2, 0) is 4.79 Å². The number of hydrazone groups is 1. The van der Waals surface area contributed by atoms with E-state index >= 15 is 0 Å². The molecule has 2 aromatic carbocycles. The van der Waals surface area contributed by atoms with Crippen LogP contribution in [0.3, 0.4) is 0 Å². The van der Waals surface area contributed by atoms with Crippen molar-refractivity contribution < 1.29 is 9.53 Å². The van der Waals surface area contributed by atoms with Gasteiger partial charge in [0.1, 0.15) is 5.75 Å². The Morgan fingerprint density at radius 1 is 1.26 bits per heavy atom. The van der Waals surface area contributed by atoms with E-state index in [1.165, 1.54) is 17.6 Å². The van der Waals surface area contributed by atoms with Gasteiger partial charge in [0.2, 0.25) is 5.13 Å². The molecule has 138 valence electrons. The number of carbonyl (C=O) groups is 1. The number of halogens is 1. The molecule has 3 aromatic rings. The summed E-state index contributed by atoms with van der Waals surface area (Å²) in [6, 6.07) is 14.7. The highest BCUT2D eigenvalue weighted by molar-refractivity contribution is 7.16. The summed E-state index contributed by atoms with van der Waals surface area (Å²) < 4.78 is 5.40. The minimum atomic E-state index is -0.364. The quantitative estimate of drug-likeness (QED) is 0.464. The fourth-order valence-corrected chi connectivity index (χ4v) is 2.80. The van der Waals surface area contributed by atoms with Gasteiger partial charge in [-0.25, -0.2) is 5.43 Å². The molecule has 0 saturated carbocycles. The molecule has 0 bridgehead atoms. The van der Waals surface area contributed by atoms with Crippen LogP contribution < -0.4 is 15.5 Å². The molecule has 0 aliphatic rings. The van der Waals surface area contributed by atoms with Crippen LogP contribution in [0, 0.1) is 6.92 Å². The van der Waals surface area contributed by atoms with E-state index in [1.54, 1.807) is 18.2 Å². The molecule has 0 saturated heterocycles. The van der Waals surface area contributed by atoms with Crippen LogP contribution in [0.5, 0.6) is 5.75 Å². The number of nitrogens with one attached hydrogen (secondary N) is 2. The Morgan fingerprint density at radius 3 is 2.85 bits per heavy atom. The van der Waals surface area contributed by atoms with Gasteiger partial charge in [-0.05, 0) is 48.9 Å². The molecule has 1 amide bonds. The number of nitrogens with zero attached hydrogens (tertiary/aromatic N) is 3. The fourth-order valence-electron chi connectivity index (χ4n) is 2.04. The zero-order valence-corrected chi connectivity index (χ0v) is 15.9. The second-order valence-corrected chi connectivity index (χ2v) is 6.92. The first-order chi connectivity index (χ1) is 13.1. The summed E-state index contributed by atoms with van der Waals surface area (Å²) in [6.07, 6.45) is 1.43. The Hall–Kier alpha value is -2.97. The number of carbonyl (C=O) groups excluding carboxylic acids is 1. The first-order valence-corrected chi connectivity index (χ1v) is 9.15. The predicted octanol–water partition coefficient (Wildman–Crippen LogP) is 3.77. The molecule has 1 heterocycles. The molecular formula is C18H16ClN5O2S. The molecule has 9 heteroatoms. The van der Waals surface area contributed by atoms with Crippen molar-refractivity contribution in [2.45, 2.75) is 6.92 Å². The fraction of sp³-hybridized carbons (Fsp3) is 0.111. The van der Waals surface area contributed by atoms with Crippen LogP contribution in [0.25, 0.3) is 0 Å². The first kappa shape index (κ1) is 18.8. The molecule has 0 aliphatic carbocycles. The van der Waals surface area contributed by atoms with Gasteiger partial charge < -0.3 is 10.1 Å². The molecular weight excluding hydrogens is 386 g/mol. The monoisotopic (exact) mass is 401 g/mol. The van der Waals surface area contributed by atoms with Gasteiger partial charge in [0.05, 0.1) is 6.21 Å². The van der Waals surface area contributed by atoms with E-state index in [9.17, 15) is 4.79 Å². The SMILES string of the molecule is Cc1cccc(OCC(=O)NN=Cc2nnc(Nc3ccc(Cl)cc3)s2)c1. The lowest BCUT2D eigenvalue weighted by Crippen LogP contribution is -2.24. The molecule has 0 aliphatic heterocycles. The van der Waals surface area contributed by atoms with Crippen LogP contribution in [0.15, 0.2) is 53.6 Å². The topological polar surface area (TPSA) is 88.5 Å². The minimum Gasteiger partial charge on any atom is -0.484 e. The maximum absolute atomic E-state index is 11.8. The number of hydrogen-bond acceptors (Lipinski definition) is 7. The van der Waals surface area contributed by atoms with E-state index in [2.05, 4.69) is 26.0 Å². The number of anilines is 2. The number of hydrogen-bond donors (Lipinski definition) is 2. The van der Waals surface area contributed by atoms with Gasteiger partial charge in [-0.3, -0.25) is 4.79 Å². The van der Waals surface area contributed by atoms with Gasteiger partial charge in [0.25, 0.3) is 5.91 Å². The van der Waals surface area contributed by atoms with Gasteiger partial charge in [0, 0.05) is 10.7 Å². The highest BCUT2D eigenvalue weighted by atomic mass is 35.5. The van der Waals surface area contributed by atoms with E-state index in [0.717, 1.165) is 11.3 Å². The normalized spacial score (nSPS) is 10.7. The molecule has 2 N–H and O–H groups in total. The summed E-state index contributed by atoms with van der Waals surface area (Å²) in [4.78, 5) is 11.8. The van der Waals surface area contributed by atoms with Crippen molar-refractivity contribution in [1.82, 2.24) is 15.6 Å². The molecule has 0 spiro atoms. The lowest BCUT2D eigenvalue weighted by atomic mass is 10.2. The maximum atomic E-state index is 11.8. The van der Waals surface area contributed by atoms with Crippen molar-refractivity contribution in [1.29, 1.82) is 0 Å². The Labute approximate surface area is 165 Å². The minimum absolute atomic E-state index is 0.125. The predicted molar refractivity (Wildman–Crippen MR) is 107 cm³/mol. The van der Waals surface area contributed by atoms with Crippen molar-refractivity contribution in [3.63, 3.8) is 0 Å². The Bertz CT molecular complexity index is 943. The summed E-state index contributed by atoms with van der Waals surface area (Å²) in [5, 5.41) is 16.8. The van der Waals surface area contributed by atoms with E-state index in [-0.39, 0.29) is 12.5 Å². The third-order valence-electron chi connectivity index (χ3n) is 3.26. The maximum Gasteiger partial charge on any atom is 0.277 e. The number of amides is 1. The zero-order valence-electron chi connectivity index (χ0n) is 14.3. The van der Waals surface area contributed by atoms with Gasteiger partial charge in [-0.2, -0.15) is 5.10 Å². The molecule has 0 unspecified atom stereocenters. The number of rotatable bonds is 7. The average Bonchev–Trinajstić information content (AvgIpc) is 3.09. The summed E-state index contributed by atoms with van der Waals surface area (Å²) >= 11 is 7.15. The first-order valence-electron chi connectivity index (χ1n) is 7.96. The summed E-state index contributed by atoms with van der Waals surface area (Å²) in [7, 11) is 0. The van der Waals surface area contributed by atoms with Crippen molar-refractivity contribution >= 4 is 45.9 Å². The molecule has 1 aromatic heterocycles. The molecule has 27 heavy (non-hydrogen) atoms. The van der Waals surface area contributed by atoms with Gasteiger partial charge in [-0.15, -0.1) is 10.2 Å². The molecule has 7 nitrogen and oxygen atoms in total. The second kappa shape index (κ2) is 9.11. The molecule has 3 rings (SSSR count). The second-order valence-electron chi connectivity index (χ2n) is 5.48. The summed E-state index contributed by atoms with van der Waals surface area (Å²) in [5.74, 6) is 0.271. The standard InChI is InChI=1S/C18H16ClN5O2S/c1-12-3-2-4-15(9-12)26-11-16(25)22-20-10-17-23-24-18(27-17)21-14-7-5-13(19)6-8-14/h2-10H,11H2,1H3,(H,21,24)(H,22,25). The van der Waals surface area contributed by atoms with Gasteiger partial charge >= 0.3 is 0 Å². The number of aryl methyl sites for hydroxylation is 1. The van der Waals surface area contributed by atoms with Gasteiger partial charge in [0.15, 0.2) is 11.6 Å². The molecule has 0 fully saturated rings. The highest BCUT2D eigenvalue weighted by Crippen LogP contribution is 2.21. The van der Waals surface area contributed by atoms with Crippen LogP contribution in [0.2, 0.25) is 5.02 Å². The van der Waals surface area contributed by atoms with Gasteiger partial charge in [-0.1, -0.05) is 35.1 Å². The lowest BCUT2D eigenvalue weighted by molar-refractivity contribution is -0.123. The van der Waals surface area contributed by atoms with E-state index < -0.39 is 0 Å². The van der Waals surface area contributed by atoms with Crippen LogP contribution in [-0.4, -0.2) is 28.9 Å².